The van der Waals surface area contributed by atoms with E-state index in [1.165, 1.54) is 17.0 Å². The summed E-state index contributed by atoms with van der Waals surface area (Å²) in [6.07, 6.45) is -2.55. The third-order valence-electron chi connectivity index (χ3n) is 2.85. The molecule has 0 aromatic heterocycles. The fraction of sp³-hybridized carbons (Fsp3) is 0.571. The highest BCUT2D eigenvalue weighted by Gasteiger charge is 2.18. The van der Waals surface area contributed by atoms with Crippen molar-refractivity contribution in [2.24, 2.45) is 0 Å². The first-order valence-corrected chi connectivity index (χ1v) is 6.60. The molecular formula is C14H21F3N2O. The second kappa shape index (κ2) is 8.11. The number of nitrogens with one attached hydrogen (secondary N) is 1. The standard InChI is InChI=1S/C14H21F3N2O/c1-10(2)18-8-11-12(15)4-3-5-13(11)19(6-7-20)9-14(16)17/h3-5,10,14,18,20H,6-9H2,1-2H3. The van der Waals surface area contributed by atoms with E-state index in [1.54, 1.807) is 6.07 Å². The van der Waals surface area contributed by atoms with Gasteiger partial charge in [-0.25, -0.2) is 13.2 Å². The Labute approximate surface area is 117 Å². The van der Waals surface area contributed by atoms with Crippen LogP contribution in [0.25, 0.3) is 0 Å². The van der Waals surface area contributed by atoms with Gasteiger partial charge in [-0.2, -0.15) is 0 Å². The molecule has 0 aliphatic carbocycles. The quantitative estimate of drug-likeness (QED) is 0.771. The summed E-state index contributed by atoms with van der Waals surface area (Å²) in [5.74, 6) is -0.437. The summed E-state index contributed by atoms with van der Waals surface area (Å²) in [5, 5.41) is 12.1. The Morgan fingerprint density at radius 2 is 2.00 bits per heavy atom. The molecule has 1 rings (SSSR count). The highest BCUT2D eigenvalue weighted by Crippen LogP contribution is 2.24. The number of benzene rings is 1. The minimum atomic E-state index is -2.55. The molecule has 0 bridgehead atoms. The summed E-state index contributed by atoms with van der Waals surface area (Å²) in [6, 6.07) is 4.54. The molecule has 0 aliphatic heterocycles. The van der Waals surface area contributed by atoms with Gasteiger partial charge in [0.2, 0.25) is 0 Å². The molecule has 0 atom stereocenters. The van der Waals surface area contributed by atoms with Gasteiger partial charge in [0.25, 0.3) is 6.43 Å². The van der Waals surface area contributed by atoms with E-state index >= 15 is 0 Å². The molecule has 0 heterocycles. The number of halogens is 3. The van der Waals surface area contributed by atoms with Gasteiger partial charge >= 0.3 is 0 Å². The average molecular weight is 290 g/mol. The van der Waals surface area contributed by atoms with Crippen LogP contribution >= 0.6 is 0 Å². The van der Waals surface area contributed by atoms with Gasteiger partial charge in [-0.05, 0) is 12.1 Å². The van der Waals surface area contributed by atoms with Crippen molar-refractivity contribution in [2.75, 3.05) is 24.6 Å². The smallest absolute Gasteiger partial charge is 0.255 e. The van der Waals surface area contributed by atoms with Gasteiger partial charge in [0, 0.05) is 30.4 Å². The van der Waals surface area contributed by atoms with Crippen LogP contribution in [-0.2, 0) is 6.54 Å². The van der Waals surface area contributed by atoms with Gasteiger partial charge in [0.1, 0.15) is 5.82 Å². The Bertz CT molecular complexity index is 413. The van der Waals surface area contributed by atoms with Gasteiger partial charge < -0.3 is 15.3 Å². The molecule has 114 valence electrons. The van der Waals surface area contributed by atoms with Crippen LogP contribution < -0.4 is 10.2 Å². The molecule has 3 nitrogen and oxygen atoms in total. The molecule has 2 N–H and O–H groups in total. The third kappa shape index (κ3) is 5.02. The second-order valence-corrected chi connectivity index (χ2v) is 4.83. The minimum Gasteiger partial charge on any atom is -0.395 e. The Morgan fingerprint density at radius 1 is 1.30 bits per heavy atom. The molecule has 1 aromatic rings. The summed E-state index contributed by atoms with van der Waals surface area (Å²) in [5.41, 5.74) is 0.739. The van der Waals surface area contributed by atoms with Crippen molar-refractivity contribution in [3.63, 3.8) is 0 Å². The number of aliphatic hydroxyl groups is 1. The number of hydrogen-bond acceptors (Lipinski definition) is 3. The lowest BCUT2D eigenvalue weighted by Gasteiger charge is -2.26. The van der Waals surface area contributed by atoms with Crippen LogP contribution in [0.15, 0.2) is 18.2 Å². The lowest BCUT2D eigenvalue weighted by Crippen LogP contribution is -2.33. The van der Waals surface area contributed by atoms with Crippen LogP contribution in [0, 0.1) is 5.82 Å². The normalized spacial score (nSPS) is 11.4. The lowest BCUT2D eigenvalue weighted by atomic mass is 10.1. The van der Waals surface area contributed by atoms with Crippen LogP contribution in [0.5, 0.6) is 0 Å². The van der Waals surface area contributed by atoms with Crippen LogP contribution in [0.2, 0.25) is 0 Å². The molecule has 20 heavy (non-hydrogen) atoms. The molecule has 0 fully saturated rings. The van der Waals surface area contributed by atoms with Crippen molar-refractivity contribution < 1.29 is 18.3 Å². The number of aliphatic hydroxyl groups excluding tert-OH is 1. The second-order valence-electron chi connectivity index (χ2n) is 4.83. The largest absolute Gasteiger partial charge is 0.395 e. The number of nitrogens with zero attached hydrogens (tertiary/aromatic N) is 1. The van der Waals surface area contributed by atoms with E-state index in [2.05, 4.69) is 5.32 Å². The maximum absolute atomic E-state index is 13.9. The highest BCUT2D eigenvalue weighted by atomic mass is 19.3. The van der Waals surface area contributed by atoms with Gasteiger partial charge in [-0.3, -0.25) is 0 Å². The van der Waals surface area contributed by atoms with Gasteiger partial charge in [-0.15, -0.1) is 0 Å². The van der Waals surface area contributed by atoms with Gasteiger partial charge in [-0.1, -0.05) is 19.9 Å². The van der Waals surface area contributed by atoms with E-state index in [-0.39, 0.29) is 25.7 Å². The fourth-order valence-electron chi connectivity index (χ4n) is 1.92. The van der Waals surface area contributed by atoms with Crippen molar-refractivity contribution >= 4 is 5.69 Å². The lowest BCUT2D eigenvalue weighted by molar-refractivity contribution is 0.152. The summed E-state index contributed by atoms with van der Waals surface area (Å²) >= 11 is 0. The van der Waals surface area contributed by atoms with E-state index in [0.29, 0.717) is 11.3 Å². The molecule has 0 radical (unpaired) electrons. The van der Waals surface area contributed by atoms with Crippen LogP contribution in [0.3, 0.4) is 0 Å². The zero-order chi connectivity index (χ0) is 15.1. The number of anilines is 1. The minimum absolute atomic E-state index is 0.0441. The van der Waals surface area contributed by atoms with Crippen LogP contribution in [-0.4, -0.2) is 37.3 Å². The summed E-state index contributed by atoms with van der Waals surface area (Å²) in [4.78, 5) is 1.31. The zero-order valence-corrected chi connectivity index (χ0v) is 11.7. The summed E-state index contributed by atoms with van der Waals surface area (Å²) in [7, 11) is 0. The number of hydrogen-bond donors (Lipinski definition) is 2. The van der Waals surface area contributed by atoms with Crippen molar-refractivity contribution in [1.29, 1.82) is 0 Å². The van der Waals surface area contributed by atoms with E-state index in [4.69, 9.17) is 5.11 Å². The molecule has 0 amide bonds. The summed E-state index contributed by atoms with van der Waals surface area (Å²) in [6.45, 7) is 3.35. The van der Waals surface area contributed by atoms with E-state index in [0.717, 1.165) is 0 Å². The van der Waals surface area contributed by atoms with Crippen molar-refractivity contribution in [2.45, 2.75) is 32.9 Å². The first-order chi connectivity index (χ1) is 9.45. The Morgan fingerprint density at radius 3 is 2.55 bits per heavy atom. The molecule has 0 aliphatic rings. The summed E-state index contributed by atoms with van der Waals surface area (Å²) < 4.78 is 39.1. The number of rotatable bonds is 8. The molecule has 0 saturated carbocycles. The monoisotopic (exact) mass is 290 g/mol. The SMILES string of the molecule is CC(C)NCc1c(F)cccc1N(CCO)CC(F)F. The molecule has 0 saturated heterocycles. The van der Waals surface area contributed by atoms with E-state index in [9.17, 15) is 13.2 Å². The van der Waals surface area contributed by atoms with Crippen LogP contribution in [0.1, 0.15) is 19.4 Å². The maximum atomic E-state index is 13.9. The molecule has 6 heteroatoms. The Hall–Kier alpha value is -1.27. The third-order valence-corrected chi connectivity index (χ3v) is 2.85. The topological polar surface area (TPSA) is 35.5 Å². The van der Waals surface area contributed by atoms with Gasteiger partial charge in [0.15, 0.2) is 0 Å². The van der Waals surface area contributed by atoms with Crippen molar-refractivity contribution in [3.8, 4) is 0 Å². The van der Waals surface area contributed by atoms with E-state index < -0.39 is 18.8 Å². The first kappa shape index (κ1) is 16.8. The zero-order valence-electron chi connectivity index (χ0n) is 11.7. The Balaban J connectivity index is 3.02. The molecule has 1 aromatic carbocycles. The molecule has 0 unspecified atom stereocenters. The maximum Gasteiger partial charge on any atom is 0.255 e. The number of alkyl halides is 2. The molecule has 0 spiro atoms. The predicted octanol–water partition coefficient (Wildman–Crippen LogP) is 2.39. The van der Waals surface area contributed by atoms with Crippen LogP contribution in [0.4, 0.5) is 18.9 Å². The van der Waals surface area contributed by atoms with Gasteiger partial charge in [0.05, 0.1) is 13.2 Å². The van der Waals surface area contributed by atoms with E-state index in [1.807, 2.05) is 13.8 Å². The first-order valence-electron chi connectivity index (χ1n) is 6.60. The Kier molecular flexibility index (Phi) is 6.81. The molecular weight excluding hydrogens is 269 g/mol. The van der Waals surface area contributed by atoms with Crippen molar-refractivity contribution in [1.82, 2.24) is 5.32 Å². The average Bonchev–Trinajstić information content (AvgIpc) is 2.36. The fourth-order valence-corrected chi connectivity index (χ4v) is 1.92. The highest BCUT2D eigenvalue weighted by molar-refractivity contribution is 5.54. The predicted molar refractivity (Wildman–Crippen MR) is 73.7 cm³/mol. The van der Waals surface area contributed by atoms with Crippen molar-refractivity contribution in [3.05, 3.63) is 29.6 Å².